The molecule has 0 aromatic rings. The van der Waals surface area contributed by atoms with Gasteiger partial charge in [-0.2, -0.15) is 0 Å². The van der Waals surface area contributed by atoms with Gasteiger partial charge in [0.1, 0.15) is 0 Å². The van der Waals surface area contributed by atoms with Crippen LogP contribution in [0.1, 0.15) is 0 Å². The maximum atomic E-state index is 4.05. The van der Waals surface area contributed by atoms with Gasteiger partial charge in [0.15, 0.2) is 0 Å². The predicted octanol–water partition coefficient (Wildman–Crippen LogP) is 1.01. The molecule has 0 spiro atoms. The zero-order chi connectivity index (χ0) is 4.41. The average molecular weight is 119 g/mol. The Labute approximate surface area is 46.7 Å². The normalized spacial score (nSPS) is 21.2. The fourth-order valence-electron chi connectivity index (χ4n) is 0.286. The van der Waals surface area contributed by atoms with E-state index in [0.717, 1.165) is 10.8 Å². The van der Waals surface area contributed by atoms with Crippen molar-refractivity contribution in [3.05, 3.63) is 10.3 Å². The van der Waals surface area contributed by atoms with Crippen molar-refractivity contribution in [2.75, 3.05) is 6.54 Å². The Kier molecular flexibility index (Phi) is 1.45. The molecule has 0 bridgehead atoms. The highest BCUT2D eigenvalue weighted by molar-refractivity contribution is 8.14. The number of hydrogen-bond acceptors (Lipinski definition) is 3. The molecular formula is C3H5NS2. The van der Waals surface area contributed by atoms with Gasteiger partial charge in [-0.1, -0.05) is 0 Å². The summed E-state index contributed by atoms with van der Waals surface area (Å²) in [5, 5.41) is 0. The van der Waals surface area contributed by atoms with E-state index in [1.54, 1.807) is 11.9 Å². The van der Waals surface area contributed by atoms with E-state index in [4.69, 9.17) is 0 Å². The number of rotatable bonds is 0. The van der Waals surface area contributed by atoms with Crippen LogP contribution in [0.2, 0.25) is 0 Å². The van der Waals surface area contributed by atoms with Crippen LogP contribution in [0.4, 0.5) is 0 Å². The second kappa shape index (κ2) is 1.91. The van der Waals surface area contributed by atoms with Gasteiger partial charge in [-0.15, -0.1) is 12.6 Å². The lowest BCUT2D eigenvalue weighted by Crippen LogP contribution is -1.92. The Bertz CT molecular complexity index is 78.9. The van der Waals surface area contributed by atoms with Gasteiger partial charge >= 0.3 is 0 Å². The molecule has 3 heteroatoms. The molecule has 0 saturated heterocycles. The summed E-state index contributed by atoms with van der Waals surface area (Å²) in [6.45, 7) is 0.962. The first-order valence-electron chi connectivity index (χ1n) is 1.68. The third kappa shape index (κ3) is 0.929. The molecule has 0 aromatic heterocycles. The van der Waals surface area contributed by atoms with Crippen molar-refractivity contribution in [2.45, 2.75) is 0 Å². The second-order valence-electron chi connectivity index (χ2n) is 0.993. The van der Waals surface area contributed by atoms with E-state index in [2.05, 4.69) is 17.4 Å². The fraction of sp³-hybridized carbons (Fsp3) is 0.333. The van der Waals surface area contributed by atoms with Crippen LogP contribution in [0.25, 0.3) is 0 Å². The third-order valence-electron chi connectivity index (χ3n) is 0.537. The van der Waals surface area contributed by atoms with Gasteiger partial charge in [0.25, 0.3) is 0 Å². The van der Waals surface area contributed by atoms with Crippen LogP contribution in [0.3, 0.4) is 0 Å². The Morgan fingerprint density at radius 3 is 3.00 bits per heavy atom. The van der Waals surface area contributed by atoms with Crippen molar-refractivity contribution in [1.29, 1.82) is 0 Å². The first kappa shape index (κ1) is 4.56. The third-order valence-corrected chi connectivity index (χ3v) is 1.68. The van der Waals surface area contributed by atoms with Gasteiger partial charge in [0, 0.05) is 10.8 Å². The minimum Gasteiger partial charge on any atom is -0.256 e. The summed E-state index contributed by atoms with van der Waals surface area (Å²) in [6.07, 6.45) is 2.04. The lowest BCUT2D eigenvalue weighted by atomic mass is 10.7. The zero-order valence-electron chi connectivity index (χ0n) is 3.14. The standard InChI is InChI=1S/C3H5NS2/c5-3-1-2-4-6-3/h1,4-5H,2H2. The quantitative estimate of drug-likeness (QED) is 0.364. The van der Waals surface area contributed by atoms with Gasteiger partial charge in [0.05, 0.1) is 0 Å². The molecule has 1 nitrogen and oxygen atoms in total. The van der Waals surface area contributed by atoms with Crippen LogP contribution in [0.15, 0.2) is 10.3 Å². The number of thiol groups is 1. The Morgan fingerprint density at radius 1 is 2.00 bits per heavy atom. The summed E-state index contributed by atoms with van der Waals surface area (Å²) in [6, 6.07) is 0. The highest BCUT2D eigenvalue weighted by atomic mass is 32.2. The molecule has 0 atom stereocenters. The summed E-state index contributed by atoms with van der Waals surface area (Å²) < 4.78 is 4.10. The summed E-state index contributed by atoms with van der Waals surface area (Å²) in [5.41, 5.74) is 0. The molecular weight excluding hydrogens is 114 g/mol. The lowest BCUT2D eigenvalue weighted by Gasteiger charge is -1.81. The molecule has 1 aliphatic rings. The average Bonchev–Trinajstić information content (AvgIpc) is 1.86. The monoisotopic (exact) mass is 119 g/mol. The van der Waals surface area contributed by atoms with Crippen molar-refractivity contribution in [3.63, 3.8) is 0 Å². The number of nitrogens with one attached hydrogen (secondary N) is 1. The molecule has 0 aliphatic carbocycles. The van der Waals surface area contributed by atoms with Crippen LogP contribution >= 0.6 is 24.6 Å². The minimum absolute atomic E-state index is 0.962. The summed E-state index contributed by atoms with van der Waals surface area (Å²) in [5.74, 6) is 0. The zero-order valence-corrected chi connectivity index (χ0v) is 4.85. The SMILES string of the molecule is SC1=CCNS1. The van der Waals surface area contributed by atoms with E-state index in [0.29, 0.717) is 0 Å². The molecule has 6 heavy (non-hydrogen) atoms. The molecule has 0 unspecified atom stereocenters. The van der Waals surface area contributed by atoms with Crippen LogP contribution in [-0.4, -0.2) is 6.54 Å². The van der Waals surface area contributed by atoms with Gasteiger partial charge in [-0.05, 0) is 18.0 Å². The van der Waals surface area contributed by atoms with Crippen molar-refractivity contribution >= 4 is 24.6 Å². The van der Waals surface area contributed by atoms with Crippen molar-refractivity contribution in [2.24, 2.45) is 0 Å². The lowest BCUT2D eigenvalue weighted by molar-refractivity contribution is 1.16. The van der Waals surface area contributed by atoms with E-state index in [1.165, 1.54) is 0 Å². The molecule has 0 aromatic carbocycles. The number of hydrogen-bond donors (Lipinski definition) is 2. The van der Waals surface area contributed by atoms with Crippen molar-refractivity contribution in [1.82, 2.24) is 4.72 Å². The summed E-state index contributed by atoms with van der Waals surface area (Å²) >= 11 is 5.63. The van der Waals surface area contributed by atoms with Gasteiger partial charge in [0.2, 0.25) is 0 Å². The first-order valence-corrected chi connectivity index (χ1v) is 2.95. The van der Waals surface area contributed by atoms with Crippen LogP contribution in [0.5, 0.6) is 0 Å². The molecule has 1 aliphatic heterocycles. The van der Waals surface area contributed by atoms with Gasteiger partial charge in [-0.25, -0.2) is 0 Å². The highest BCUT2D eigenvalue weighted by Crippen LogP contribution is 2.18. The minimum atomic E-state index is 0.962. The molecule has 1 heterocycles. The first-order chi connectivity index (χ1) is 2.89. The smallest absolute Gasteiger partial charge is 0.0498 e. The van der Waals surface area contributed by atoms with Gasteiger partial charge < -0.3 is 0 Å². The Hall–Kier alpha value is 0.400. The molecule has 0 radical (unpaired) electrons. The van der Waals surface area contributed by atoms with Crippen LogP contribution in [0, 0.1) is 0 Å². The molecule has 0 saturated carbocycles. The van der Waals surface area contributed by atoms with E-state index >= 15 is 0 Å². The van der Waals surface area contributed by atoms with Crippen molar-refractivity contribution < 1.29 is 0 Å². The molecule has 34 valence electrons. The second-order valence-corrected chi connectivity index (χ2v) is 2.71. The van der Waals surface area contributed by atoms with Crippen LogP contribution in [-0.2, 0) is 0 Å². The largest absolute Gasteiger partial charge is 0.256 e. The Morgan fingerprint density at radius 2 is 2.83 bits per heavy atom. The van der Waals surface area contributed by atoms with E-state index in [-0.39, 0.29) is 0 Å². The highest BCUT2D eigenvalue weighted by Gasteiger charge is 1.95. The van der Waals surface area contributed by atoms with Gasteiger partial charge in [-0.3, -0.25) is 4.72 Å². The molecule has 1 N–H and O–H groups in total. The Balaban J connectivity index is 2.45. The molecule has 1 rings (SSSR count). The maximum Gasteiger partial charge on any atom is 0.0498 e. The fourth-order valence-corrected chi connectivity index (χ4v) is 1.05. The predicted molar refractivity (Wildman–Crippen MR) is 32.7 cm³/mol. The van der Waals surface area contributed by atoms with Crippen LogP contribution < -0.4 is 4.72 Å². The van der Waals surface area contributed by atoms with Crippen molar-refractivity contribution in [3.8, 4) is 0 Å². The summed E-state index contributed by atoms with van der Waals surface area (Å²) in [4.78, 5) is 0. The van der Waals surface area contributed by atoms with E-state index < -0.39 is 0 Å². The van der Waals surface area contributed by atoms with E-state index in [9.17, 15) is 0 Å². The maximum absolute atomic E-state index is 4.05. The topological polar surface area (TPSA) is 12.0 Å². The molecule has 0 fully saturated rings. The van der Waals surface area contributed by atoms with E-state index in [1.807, 2.05) is 6.08 Å². The molecule has 0 amide bonds. The summed E-state index contributed by atoms with van der Waals surface area (Å²) in [7, 11) is 0.